The number of nitrogens with zero attached hydrogens (tertiary/aromatic N) is 3. The van der Waals surface area contributed by atoms with Crippen molar-refractivity contribution in [3.8, 4) is 0 Å². The molecule has 0 radical (unpaired) electrons. The maximum absolute atomic E-state index is 12.3. The lowest BCUT2D eigenvalue weighted by molar-refractivity contribution is -0.152. The second-order valence-corrected chi connectivity index (χ2v) is 6.21. The van der Waals surface area contributed by atoms with E-state index in [9.17, 15) is 22.8 Å². The van der Waals surface area contributed by atoms with E-state index in [0.29, 0.717) is 38.9 Å². The van der Waals surface area contributed by atoms with Crippen LogP contribution in [0, 0.1) is 0 Å². The van der Waals surface area contributed by atoms with Crippen LogP contribution in [0.5, 0.6) is 0 Å². The van der Waals surface area contributed by atoms with Crippen molar-refractivity contribution in [2.24, 2.45) is 0 Å². The normalized spacial score (nSPS) is 20.9. The summed E-state index contributed by atoms with van der Waals surface area (Å²) in [7, 11) is 0. The lowest BCUT2D eigenvalue weighted by atomic mass is 10.1. The number of amides is 2. The van der Waals surface area contributed by atoms with Crippen molar-refractivity contribution < 1.29 is 22.8 Å². The van der Waals surface area contributed by atoms with E-state index in [1.807, 2.05) is 0 Å². The van der Waals surface area contributed by atoms with Gasteiger partial charge in [-0.15, -0.1) is 0 Å². The molecule has 0 unspecified atom stereocenters. The van der Waals surface area contributed by atoms with E-state index < -0.39 is 12.7 Å². The quantitative estimate of drug-likeness (QED) is 0.765. The molecule has 0 atom stereocenters. The molecule has 2 aliphatic rings. The smallest absolute Gasteiger partial charge is 0.343 e. The lowest BCUT2D eigenvalue weighted by Gasteiger charge is -2.35. The van der Waals surface area contributed by atoms with E-state index in [1.165, 1.54) is 4.90 Å². The van der Waals surface area contributed by atoms with Gasteiger partial charge in [-0.2, -0.15) is 13.2 Å². The fourth-order valence-corrected chi connectivity index (χ4v) is 3.09. The summed E-state index contributed by atoms with van der Waals surface area (Å²) in [6.45, 7) is 1.66. The van der Waals surface area contributed by atoms with E-state index in [2.05, 4.69) is 0 Å². The molecule has 0 saturated carbocycles. The Labute approximate surface area is 134 Å². The summed E-state index contributed by atoms with van der Waals surface area (Å²) in [5, 5.41) is 0. The predicted octanol–water partition coefficient (Wildman–Crippen LogP) is 1.49. The van der Waals surface area contributed by atoms with E-state index in [4.69, 9.17) is 0 Å². The van der Waals surface area contributed by atoms with Crippen LogP contribution in [-0.2, 0) is 9.59 Å². The van der Waals surface area contributed by atoms with Gasteiger partial charge in [0.1, 0.15) is 0 Å². The third-order valence-corrected chi connectivity index (χ3v) is 4.37. The minimum Gasteiger partial charge on any atom is -0.343 e. The third kappa shape index (κ3) is 6.01. The van der Waals surface area contributed by atoms with Gasteiger partial charge in [0.15, 0.2) is 0 Å². The standard InChI is InChI=1S/C15H24F3N3O2/c16-15(17,18)12-19-8-10-21(11-9-19)14(23)5-3-7-20-6-2-1-4-13(20)22/h1-12H2. The highest BCUT2D eigenvalue weighted by molar-refractivity contribution is 5.77. The summed E-state index contributed by atoms with van der Waals surface area (Å²) in [6, 6.07) is 0. The summed E-state index contributed by atoms with van der Waals surface area (Å²) < 4.78 is 36.9. The molecule has 0 aromatic rings. The first-order valence-corrected chi connectivity index (χ1v) is 8.20. The molecule has 5 nitrogen and oxygen atoms in total. The number of piperidine rings is 1. The molecule has 0 aliphatic carbocycles. The molecule has 0 bridgehead atoms. The molecule has 0 spiro atoms. The van der Waals surface area contributed by atoms with E-state index in [0.717, 1.165) is 19.4 Å². The molecule has 132 valence electrons. The van der Waals surface area contributed by atoms with Crippen molar-refractivity contribution in [1.29, 1.82) is 0 Å². The van der Waals surface area contributed by atoms with Crippen molar-refractivity contribution >= 4 is 11.8 Å². The molecule has 0 aromatic heterocycles. The Balaban J connectivity index is 1.64. The summed E-state index contributed by atoms with van der Waals surface area (Å²) in [5.41, 5.74) is 0. The molecule has 2 heterocycles. The Morgan fingerprint density at radius 2 is 1.74 bits per heavy atom. The second-order valence-electron chi connectivity index (χ2n) is 6.21. The number of carbonyl (C=O) groups excluding carboxylic acids is 2. The van der Waals surface area contributed by atoms with Crippen LogP contribution in [0.25, 0.3) is 0 Å². The highest BCUT2D eigenvalue weighted by atomic mass is 19.4. The van der Waals surface area contributed by atoms with Gasteiger partial charge in [-0.3, -0.25) is 14.5 Å². The van der Waals surface area contributed by atoms with Crippen molar-refractivity contribution in [2.45, 2.75) is 38.3 Å². The van der Waals surface area contributed by atoms with Crippen LogP contribution < -0.4 is 0 Å². The molecule has 23 heavy (non-hydrogen) atoms. The maximum atomic E-state index is 12.3. The van der Waals surface area contributed by atoms with E-state index in [-0.39, 0.29) is 24.9 Å². The monoisotopic (exact) mass is 335 g/mol. The number of piperazine rings is 1. The van der Waals surface area contributed by atoms with E-state index in [1.54, 1.807) is 9.80 Å². The first kappa shape index (κ1) is 18.0. The zero-order chi connectivity index (χ0) is 16.9. The van der Waals surface area contributed by atoms with Crippen LogP contribution in [0.1, 0.15) is 32.1 Å². The lowest BCUT2D eigenvalue weighted by Crippen LogP contribution is -2.51. The van der Waals surface area contributed by atoms with Crippen LogP contribution in [0.3, 0.4) is 0 Å². The molecule has 2 aliphatic heterocycles. The predicted molar refractivity (Wildman–Crippen MR) is 78.7 cm³/mol. The van der Waals surface area contributed by atoms with Crippen molar-refractivity contribution in [3.05, 3.63) is 0 Å². The van der Waals surface area contributed by atoms with Gasteiger partial charge in [0.05, 0.1) is 6.54 Å². The first-order valence-electron chi connectivity index (χ1n) is 8.20. The first-order chi connectivity index (χ1) is 10.8. The molecule has 2 saturated heterocycles. The van der Waals surface area contributed by atoms with Gasteiger partial charge in [-0.1, -0.05) is 0 Å². The fraction of sp³-hybridized carbons (Fsp3) is 0.867. The Bertz CT molecular complexity index is 421. The Morgan fingerprint density at radius 1 is 1.04 bits per heavy atom. The van der Waals surface area contributed by atoms with Crippen LogP contribution in [0.4, 0.5) is 13.2 Å². The number of hydrogen-bond acceptors (Lipinski definition) is 3. The number of rotatable bonds is 5. The van der Waals surface area contributed by atoms with Crippen molar-refractivity contribution in [3.63, 3.8) is 0 Å². The summed E-state index contributed by atoms with van der Waals surface area (Å²) in [4.78, 5) is 28.5. The zero-order valence-electron chi connectivity index (χ0n) is 13.3. The van der Waals surface area contributed by atoms with Crippen LogP contribution in [-0.4, -0.2) is 78.5 Å². The third-order valence-electron chi connectivity index (χ3n) is 4.37. The number of halogens is 3. The largest absolute Gasteiger partial charge is 0.401 e. The molecule has 0 N–H and O–H groups in total. The minimum atomic E-state index is -4.19. The maximum Gasteiger partial charge on any atom is 0.401 e. The van der Waals surface area contributed by atoms with Gasteiger partial charge in [0.2, 0.25) is 11.8 Å². The van der Waals surface area contributed by atoms with Gasteiger partial charge in [0.25, 0.3) is 0 Å². The Morgan fingerprint density at radius 3 is 2.35 bits per heavy atom. The fourth-order valence-electron chi connectivity index (χ4n) is 3.09. The average Bonchev–Trinajstić information content (AvgIpc) is 2.48. The second kappa shape index (κ2) is 7.99. The molecule has 2 fully saturated rings. The van der Waals surface area contributed by atoms with Gasteiger partial charge in [-0.05, 0) is 19.3 Å². The number of carbonyl (C=O) groups is 2. The van der Waals surface area contributed by atoms with Gasteiger partial charge < -0.3 is 9.80 Å². The topological polar surface area (TPSA) is 43.9 Å². The van der Waals surface area contributed by atoms with E-state index >= 15 is 0 Å². The molecule has 2 rings (SSSR count). The van der Waals surface area contributed by atoms with Crippen LogP contribution in [0.2, 0.25) is 0 Å². The van der Waals surface area contributed by atoms with Crippen LogP contribution in [0.15, 0.2) is 0 Å². The van der Waals surface area contributed by atoms with Gasteiger partial charge >= 0.3 is 6.18 Å². The van der Waals surface area contributed by atoms with Crippen molar-refractivity contribution in [2.75, 3.05) is 45.8 Å². The SMILES string of the molecule is O=C1CCCCN1CCCC(=O)N1CCN(CC(F)(F)F)CC1. The summed E-state index contributed by atoms with van der Waals surface area (Å²) in [5.74, 6) is 0.130. The molecular formula is C15H24F3N3O2. The van der Waals surface area contributed by atoms with Crippen molar-refractivity contribution in [1.82, 2.24) is 14.7 Å². The highest BCUT2D eigenvalue weighted by Gasteiger charge is 2.32. The molecule has 8 heteroatoms. The summed E-state index contributed by atoms with van der Waals surface area (Å²) >= 11 is 0. The molecular weight excluding hydrogens is 311 g/mol. The number of likely N-dealkylation sites (tertiary alicyclic amines) is 1. The summed E-state index contributed by atoms with van der Waals surface area (Å²) in [6.07, 6.45) is -0.671. The average molecular weight is 335 g/mol. The zero-order valence-corrected chi connectivity index (χ0v) is 13.3. The number of alkyl halides is 3. The number of hydrogen-bond donors (Lipinski definition) is 0. The van der Waals surface area contributed by atoms with Crippen LogP contribution >= 0.6 is 0 Å². The highest BCUT2D eigenvalue weighted by Crippen LogP contribution is 2.18. The van der Waals surface area contributed by atoms with Gasteiger partial charge in [0, 0.05) is 52.1 Å². The molecule has 2 amide bonds. The molecule has 0 aromatic carbocycles. The van der Waals surface area contributed by atoms with Gasteiger partial charge in [-0.25, -0.2) is 0 Å². The Kier molecular flexibility index (Phi) is 6.26. The Hall–Kier alpha value is -1.31. The minimum absolute atomic E-state index is 0.0267.